The van der Waals surface area contributed by atoms with Crippen LogP contribution in [0.3, 0.4) is 0 Å². The number of aromatic nitrogens is 2. The van der Waals surface area contributed by atoms with Gasteiger partial charge in [-0.25, -0.2) is 0 Å². The molecule has 0 saturated carbocycles. The van der Waals surface area contributed by atoms with E-state index in [9.17, 15) is 4.79 Å². The van der Waals surface area contributed by atoms with E-state index in [-0.39, 0.29) is 5.91 Å². The molecule has 0 atom stereocenters. The molecular formula is C26H27N3O4S. The van der Waals surface area contributed by atoms with Crippen molar-refractivity contribution in [2.75, 3.05) is 20.8 Å². The van der Waals surface area contributed by atoms with Crippen molar-refractivity contribution < 1.29 is 18.8 Å². The van der Waals surface area contributed by atoms with Gasteiger partial charge in [-0.3, -0.25) is 4.79 Å². The summed E-state index contributed by atoms with van der Waals surface area (Å²) in [5.41, 5.74) is 1.96. The number of benzene rings is 2. The van der Waals surface area contributed by atoms with Gasteiger partial charge in [0.05, 0.1) is 20.8 Å². The van der Waals surface area contributed by atoms with Gasteiger partial charge in [0.2, 0.25) is 17.6 Å². The fourth-order valence-corrected chi connectivity index (χ4v) is 4.33. The minimum Gasteiger partial charge on any atom is -0.493 e. The Labute approximate surface area is 202 Å². The quantitative estimate of drug-likeness (QED) is 0.302. The van der Waals surface area contributed by atoms with Gasteiger partial charge in [0.1, 0.15) is 0 Å². The number of hydrogen-bond acceptors (Lipinski definition) is 7. The van der Waals surface area contributed by atoms with Crippen LogP contribution in [0.4, 0.5) is 0 Å². The second-order valence-electron chi connectivity index (χ2n) is 7.71. The van der Waals surface area contributed by atoms with E-state index < -0.39 is 0 Å². The molecule has 2 aromatic carbocycles. The molecule has 1 amide bonds. The summed E-state index contributed by atoms with van der Waals surface area (Å²) in [6, 6.07) is 19.7. The summed E-state index contributed by atoms with van der Waals surface area (Å²) in [4.78, 5) is 20.6. The van der Waals surface area contributed by atoms with Crippen LogP contribution in [0.5, 0.6) is 11.5 Å². The first kappa shape index (κ1) is 23.5. The highest BCUT2D eigenvalue weighted by Crippen LogP contribution is 2.31. The van der Waals surface area contributed by atoms with E-state index in [0.29, 0.717) is 49.1 Å². The third-order valence-electron chi connectivity index (χ3n) is 5.46. The molecule has 0 aliphatic rings. The summed E-state index contributed by atoms with van der Waals surface area (Å²) in [5.74, 6) is 2.15. The fourth-order valence-electron chi connectivity index (χ4n) is 3.61. The smallest absolute Gasteiger partial charge is 0.227 e. The molecule has 0 aliphatic carbocycles. The van der Waals surface area contributed by atoms with E-state index in [1.807, 2.05) is 40.6 Å². The molecule has 4 rings (SSSR count). The molecule has 0 saturated heterocycles. The van der Waals surface area contributed by atoms with E-state index in [0.717, 1.165) is 16.9 Å². The second-order valence-corrected chi connectivity index (χ2v) is 8.74. The third-order valence-corrected chi connectivity index (χ3v) is 6.32. The Balaban J connectivity index is 1.39. The van der Waals surface area contributed by atoms with E-state index in [1.54, 1.807) is 37.7 Å². The summed E-state index contributed by atoms with van der Waals surface area (Å²) < 4.78 is 16.0. The van der Waals surface area contributed by atoms with Crippen LogP contribution in [0.15, 0.2) is 70.6 Å². The molecule has 0 aliphatic heterocycles. The van der Waals surface area contributed by atoms with Gasteiger partial charge >= 0.3 is 0 Å². The first-order valence-corrected chi connectivity index (χ1v) is 11.9. The van der Waals surface area contributed by atoms with Crippen LogP contribution in [-0.2, 0) is 24.2 Å². The maximum atomic E-state index is 13.1. The third kappa shape index (κ3) is 6.02. The highest BCUT2D eigenvalue weighted by Gasteiger charge is 2.18. The van der Waals surface area contributed by atoms with Gasteiger partial charge in [-0.15, -0.1) is 11.3 Å². The van der Waals surface area contributed by atoms with Crippen LogP contribution in [-0.4, -0.2) is 41.7 Å². The number of hydrogen-bond donors (Lipinski definition) is 0. The number of carbonyl (C=O) groups excluding carboxylic acids is 1. The molecule has 4 aromatic rings. The van der Waals surface area contributed by atoms with Gasteiger partial charge < -0.3 is 18.9 Å². The normalized spacial score (nSPS) is 10.8. The molecule has 8 heteroatoms. The Morgan fingerprint density at radius 1 is 1.00 bits per heavy atom. The fraction of sp³-hybridized carbons (Fsp3) is 0.269. The first-order valence-electron chi connectivity index (χ1n) is 11.1. The number of amides is 1. The predicted molar refractivity (Wildman–Crippen MR) is 131 cm³/mol. The standard InChI is InChI=1S/C26H27N3O4S/c1-31-22-11-10-20(17-23(22)32-2)26-27-24(33-28-26)12-13-25(30)29(18-21-9-6-16-34-21)15-14-19-7-4-3-5-8-19/h3-11,16-17H,12-15,18H2,1-2H3. The maximum Gasteiger partial charge on any atom is 0.227 e. The Hall–Kier alpha value is -3.65. The number of ether oxygens (including phenoxy) is 2. The molecule has 34 heavy (non-hydrogen) atoms. The molecule has 0 radical (unpaired) electrons. The minimum absolute atomic E-state index is 0.0650. The molecule has 0 unspecified atom stereocenters. The van der Waals surface area contributed by atoms with Crippen molar-refractivity contribution in [2.24, 2.45) is 0 Å². The summed E-state index contributed by atoms with van der Waals surface area (Å²) in [5, 5.41) is 6.10. The molecular weight excluding hydrogens is 450 g/mol. The number of thiophene rings is 1. The highest BCUT2D eigenvalue weighted by molar-refractivity contribution is 7.09. The predicted octanol–water partition coefficient (Wildman–Crippen LogP) is 5.02. The number of methoxy groups -OCH3 is 2. The highest BCUT2D eigenvalue weighted by atomic mass is 32.1. The van der Waals surface area contributed by atoms with Gasteiger partial charge in [-0.2, -0.15) is 4.98 Å². The van der Waals surface area contributed by atoms with Gasteiger partial charge in [0, 0.05) is 29.8 Å². The van der Waals surface area contributed by atoms with Crippen LogP contribution < -0.4 is 9.47 Å². The van der Waals surface area contributed by atoms with Crippen LogP contribution >= 0.6 is 11.3 Å². The lowest BCUT2D eigenvalue weighted by atomic mass is 10.1. The van der Waals surface area contributed by atoms with Crippen LogP contribution in [0.2, 0.25) is 0 Å². The molecule has 2 heterocycles. The average Bonchev–Trinajstić information content (AvgIpc) is 3.57. The zero-order valence-electron chi connectivity index (χ0n) is 19.3. The second kappa shape index (κ2) is 11.5. The lowest BCUT2D eigenvalue weighted by Crippen LogP contribution is -2.32. The van der Waals surface area contributed by atoms with Crippen molar-refractivity contribution >= 4 is 17.2 Å². The Kier molecular flexibility index (Phi) is 7.93. The van der Waals surface area contributed by atoms with Crippen LogP contribution in [0.1, 0.15) is 22.8 Å². The van der Waals surface area contributed by atoms with E-state index in [4.69, 9.17) is 14.0 Å². The summed E-state index contributed by atoms with van der Waals surface area (Å²) in [7, 11) is 3.16. The van der Waals surface area contributed by atoms with Crippen molar-refractivity contribution in [2.45, 2.75) is 25.8 Å². The van der Waals surface area contributed by atoms with Gasteiger partial charge in [-0.1, -0.05) is 41.6 Å². The molecule has 0 fully saturated rings. The van der Waals surface area contributed by atoms with E-state index >= 15 is 0 Å². The molecule has 0 spiro atoms. The number of aryl methyl sites for hydroxylation is 1. The molecule has 0 N–H and O–H groups in total. The number of carbonyl (C=O) groups is 1. The lowest BCUT2D eigenvalue weighted by Gasteiger charge is -2.22. The Morgan fingerprint density at radius 2 is 1.82 bits per heavy atom. The monoisotopic (exact) mass is 477 g/mol. The topological polar surface area (TPSA) is 77.7 Å². The van der Waals surface area contributed by atoms with Crippen molar-refractivity contribution in [3.8, 4) is 22.9 Å². The van der Waals surface area contributed by atoms with E-state index in [2.05, 4.69) is 28.3 Å². The molecule has 0 bridgehead atoms. The molecule has 7 nitrogen and oxygen atoms in total. The maximum absolute atomic E-state index is 13.1. The first-order chi connectivity index (χ1) is 16.7. The summed E-state index contributed by atoms with van der Waals surface area (Å²) in [6.07, 6.45) is 1.49. The summed E-state index contributed by atoms with van der Waals surface area (Å²) in [6.45, 7) is 1.26. The number of rotatable bonds is 11. The Bertz CT molecular complexity index is 1190. The van der Waals surface area contributed by atoms with Crippen molar-refractivity contribution in [1.29, 1.82) is 0 Å². The average molecular weight is 478 g/mol. The van der Waals surface area contributed by atoms with Crippen LogP contribution in [0, 0.1) is 0 Å². The van der Waals surface area contributed by atoms with Crippen molar-refractivity contribution in [3.63, 3.8) is 0 Å². The Morgan fingerprint density at radius 3 is 2.56 bits per heavy atom. The zero-order chi connectivity index (χ0) is 23.8. The lowest BCUT2D eigenvalue weighted by molar-refractivity contribution is -0.131. The largest absolute Gasteiger partial charge is 0.493 e. The van der Waals surface area contributed by atoms with Gasteiger partial charge in [-0.05, 0) is 41.6 Å². The minimum atomic E-state index is 0.0650. The SMILES string of the molecule is COc1ccc(-c2noc(CCC(=O)N(CCc3ccccc3)Cc3cccs3)n2)cc1OC. The van der Waals surface area contributed by atoms with Crippen LogP contribution in [0.25, 0.3) is 11.4 Å². The molecule has 2 aromatic heterocycles. The summed E-state index contributed by atoms with van der Waals surface area (Å²) >= 11 is 1.66. The van der Waals surface area contributed by atoms with Gasteiger partial charge in [0.15, 0.2) is 11.5 Å². The van der Waals surface area contributed by atoms with Crippen molar-refractivity contribution in [3.05, 3.63) is 82.4 Å². The molecule has 176 valence electrons. The van der Waals surface area contributed by atoms with Crippen molar-refractivity contribution in [1.82, 2.24) is 15.0 Å². The zero-order valence-corrected chi connectivity index (χ0v) is 20.1. The van der Waals surface area contributed by atoms with Gasteiger partial charge in [0.25, 0.3) is 0 Å². The number of nitrogens with zero attached hydrogens (tertiary/aromatic N) is 3. The van der Waals surface area contributed by atoms with E-state index in [1.165, 1.54) is 5.56 Å².